The van der Waals surface area contributed by atoms with Crippen molar-refractivity contribution in [2.45, 2.75) is 71.3 Å². The highest BCUT2D eigenvalue weighted by Gasteiger charge is 2.42. The molecule has 0 saturated heterocycles. The average molecular weight is 291 g/mol. The van der Waals surface area contributed by atoms with Gasteiger partial charge >= 0.3 is 0 Å². The first-order chi connectivity index (χ1) is 10.1. The summed E-state index contributed by atoms with van der Waals surface area (Å²) >= 11 is 0. The molecule has 3 fully saturated rings. The summed E-state index contributed by atoms with van der Waals surface area (Å²) in [6, 6.07) is 0.346. The van der Waals surface area contributed by atoms with Crippen LogP contribution in [0.1, 0.15) is 65.2 Å². The number of carbonyl (C=O) groups is 2. The lowest BCUT2D eigenvalue weighted by Gasteiger charge is -2.39. The fourth-order valence-corrected chi connectivity index (χ4v) is 4.78. The minimum absolute atomic E-state index is 0.0856. The highest BCUT2D eigenvalue weighted by atomic mass is 16.2. The van der Waals surface area contributed by atoms with E-state index < -0.39 is 0 Å². The second-order valence-corrected chi connectivity index (χ2v) is 7.78. The fourth-order valence-electron chi connectivity index (χ4n) is 4.78. The number of hydrogen-bond acceptors (Lipinski definition) is 2. The lowest BCUT2D eigenvalue weighted by molar-refractivity contribution is -0.138. The van der Waals surface area contributed by atoms with Gasteiger partial charge in [0.15, 0.2) is 0 Å². The second-order valence-electron chi connectivity index (χ2n) is 7.78. The Morgan fingerprint density at radius 3 is 2.29 bits per heavy atom. The lowest BCUT2D eigenvalue weighted by Crippen LogP contribution is -2.48. The summed E-state index contributed by atoms with van der Waals surface area (Å²) in [5.41, 5.74) is 0. The van der Waals surface area contributed by atoms with Crippen molar-refractivity contribution in [1.82, 2.24) is 5.32 Å². The molecule has 3 aliphatic carbocycles. The van der Waals surface area contributed by atoms with Crippen LogP contribution in [0.25, 0.3) is 0 Å². The molecule has 0 heterocycles. The van der Waals surface area contributed by atoms with Crippen LogP contribution in [0.2, 0.25) is 0 Å². The SMILES string of the molecule is CC1CCCC(NC(=O)C2CC3CCCC(C2)C3=O)C1C. The van der Waals surface area contributed by atoms with E-state index in [4.69, 9.17) is 0 Å². The van der Waals surface area contributed by atoms with Gasteiger partial charge in [-0.1, -0.05) is 33.1 Å². The first-order valence-electron chi connectivity index (χ1n) is 8.90. The summed E-state index contributed by atoms with van der Waals surface area (Å²) in [6.45, 7) is 4.57. The van der Waals surface area contributed by atoms with Crippen molar-refractivity contribution in [1.29, 1.82) is 0 Å². The highest BCUT2D eigenvalue weighted by Crippen LogP contribution is 2.40. The molecule has 3 aliphatic rings. The molecule has 3 heteroatoms. The maximum Gasteiger partial charge on any atom is 0.223 e. The molecule has 0 aliphatic heterocycles. The van der Waals surface area contributed by atoms with Crippen molar-refractivity contribution in [3.05, 3.63) is 0 Å². The van der Waals surface area contributed by atoms with Crippen molar-refractivity contribution >= 4 is 11.7 Å². The number of ketones is 1. The zero-order chi connectivity index (χ0) is 15.0. The number of fused-ring (bicyclic) bond motifs is 2. The minimum atomic E-state index is 0.0856. The molecule has 0 spiro atoms. The van der Waals surface area contributed by atoms with E-state index in [1.165, 1.54) is 19.3 Å². The molecule has 118 valence electrons. The van der Waals surface area contributed by atoms with Gasteiger partial charge in [-0.25, -0.2) is 0 Å². The largest absolute Gasteiger partial charge is 0.353 e. The monoisotopic (exact) mass is 291 g/mol. The van der Waals surface area contributed by atoms with Crippen molar-refractivity contribution in [3.63, 3.8) is 0 Å². The Morgan fingerprint density at radius 2 is 1.62 bits per heavy atom. The van der Waals surface area contributed by atoms with Crippen molar-refractivity contribution in [2.75, 3.05) is 0 Å². The van der Waals surface area contributed by atoms with Gasteiger partial charge in [-0.3, -0.25) is 9.59 Å². The van der Waals surface area contributed by atoms with E-state index in [0.717, 1.165) is 32.1 Å². The molecule has 3 rings (SSSR count). The molecule has 3 nitrogen and oxygen atoms in total. The quantitative estimate of drug-likeness (QED) is 0.848. The number of Topliss-reactive ketones (excluding diaryl/α,β-unsaturated/α-hetero) is 1. The van der Waals surface area contributed by atoms with Crippen LogP contribution in [0.15, 0.2) is 0 Å². The number of amides is 1. The predicted molar refractivity (Wildman–Crippen MR) is 82.7 cm³/mol. The minimum Gasteiger partial charge on any atom is -0.353 e. The average Bonchev–Trinajstić information content (AvgIpc) is 2.43. The van der Waals surface area contributed by atoms with E-state index in [9.17, 15) is 9.59 Å². The molecule has 2 bridgehead atoms. The Balaban J connectivity index is 1.59. The number of carbonyl (C=O) groups excluding carboxylic acids is 2. The normalized spacial score (nSPS) is 43.4. The molecule has 5 unspecified atom stereocenters. The fraction of sp³-hybridized carbons (Fsp3) is 0.889. The topological polar surface area (TPSA) is 46.2 Å². The second kappa shape index (κ2) is 6.10. The molecule has 21 heavy (non-hydrogen) atoms. The maximum atomic E-state index is 12.6. The van der Waals surface area contributed by atoms with E-state index in [1.807, 2.05) is 0 Å². The Hall–Kier alpha value is -0.860. The van der Waals surface area contributed by atoms with Gasteiger partial charge in [0.1, 0.15) is 5.78 Å². The van der Waals surface area contributed by atoms with Crippen molar-refractivity contribution in [3.8, 4) is 0 Å². The molecule has 0 aromatic rings. The zero-order valence-electron chi connectivity index (χ0n) is 13.4. The number of rotatable bonds is 2. The van der Waals surface area contributed by atoms with E-state index in [0.29, 0.717) is 23.7 Å². The molecular formula is C18H29NO2. The Labute approximate surface area is 128 Å². The van der Waals surface area contributed by atoms with Crippen LogP contribution in [0.4, 0.5) is 0 Å². The van der Waals surface area contributed by atoms with Crippen LogP contribution >= 0.6 is 0 Å². The van der Waals surface area contributed by atoms with Gasteiger partial charge in [0.25, 0.3) is 0 Å². The molecule has 0 aromatic heterocycles. The number of nitrogens with one attached hydrogen (secondary N) is 1. The summed E-state index contributed by atoms with van der Waals surface area (Å²) in [4.78, 5) is 24.8. The van der Waals surface area contributed by atoms with Crippen LogP contribution in [0, 0.1) is 29.6 Å². The van der Waals surface area contributed by atoms with Gasteiger partial charge in [0.05, 0.1) is 0 Å². The van der Waals surface area contributed by atoms with Gasteiger partial charge in [-0.05, 0) is 43.9 Å². The van der Waals surface area contributed by atoms with Gasteiger partial charge < -0.3 is 5.32 Å². The van der Waals surface area contributed by atoms with Gasteiger partial charge in [0, 0.05) is 23.8 Å². The van der Waals surface area contributed by atoms with Crippen LogP contribution < -0.4 is 5.32 Å². The Morgan fingerprint density at radius 1 is 1.00 bits per heavy atom. The zero-order valence-corrected chi connectivity index (χ0v) is 13.4. The van der Waals surface area contributed by atoms with Crippen LogP contribution in [-0.2, 0) is 9.59 Å². The molecule has 5 atom stereocenters. The molecular weight excluding hydrogens is 262 g/mol. The smallest absolute Gasteiger partial charge is 0.223 e. The number of hydrogen-bond donors (Lipinski definition) is 1. The van der Waals surface area contributed by atoms with Crippen molar-refractivity contribution < 1.29 is 9.59 Å². The summed E-state index contributed by atoms with van der Waals surface area (Å²) in [6.07, 6.45) is 8.43. The first kappa shape index (κ1) is 15.1. The summed E-state index contributed by atoms with van der Waals surface area (Å²) in [5, 5.41) is 3.32. The Kier molecular flexibility index (Phi) is 4.37. The third-order valence-corrected chi connectivity index (χ3v) is 6.45. The van der Waals surface area contributed by atoms with Gasteiger partial charge in [-0.15, -0.1) is 0 Å². The Bertz CT molecular complexity index is 403. The van der Waals surface area contributed by atoms with E-state index in [-0.39, 0.29) is 23.7 Å². The highest BCUT2D eigenvalue weighted by molar-refractivity contribution is 5.88. The molecule has 1 amide bonds. The maximum absolute atomic E-state index is 12.6. The summed E-state index contributed by atoms with van der Waals surface area (Å²) in [7, 11) is 0. The van der Waals surface area contributed by atoms with Crippen LogP contribution in [0.3, 0.4) is 0 Å². The summed E-state index contributed by atoms with van der Waals surface area (Å²) < 4.78 is 0. The third-order valence-electron chi connectivity index (χ3n) is 6.45. The van der Waals surface area contributed by atoms with Crippen LogP contribution in [-0.4, -0.2) is 17.7 Å². The van der Waals surface area contributed by atoms with Crippen LogP contribution in [0.5, 0.6) is 0 Å². The molecule has 0 aromatic carbocycles. The van der Waals surface area contributed by atoms with Gasteiger partial charge in [0.2, 0.25) is 5.91 Å². The standard InChI is InChI=1S/C18H29NO2/c1-11-5-3-8-16(12(11)2)19-18(21)15-9-13-6-4-7-14(10-15)17(13)20/h11-16H,3-10H2,1-2H3,(H,19,21). The van der Waals surface area contributed by atoms with Gasteiger partial charge in [-0.2, -0.15) is 0 Å². The lowest BCUT2D eigenvalue weighted by atomic mass is 9.67. The first-order valence-corrected chi connectivity index (χ1v) is 8.90. The molecule has 3 saturated carbocycles. The van der Waals surface area contributed by atoms with E-state index in [1.54, 1.807) is 0 Å². The van der Waals surface area contributed by atoms with Crippen molar-refractivity contribution in [2.24, 2.45) is 29.6 Å². The third kappa shape index (κ3) is 3.02. The molecule has 0 radical (unpaired) electrons. The molecule has 1 N–H and O–H groups in total. The summed E-state index contributed by atoms with van der Waals surface area (Å²) in [5.74, 6) is 2.40. The van der Waals surface area contributed by atoms with E-state index >= 15 is 0 Å². The van der Waals surface area contributed by atoms with E-state index in [2.05, 4.69) is 19.2 Å². The predicted octanol–water partition coefficient (Wildman–Crippen LogP) is 3.32.